The number of benzene rings is 2. The average molecular weight is 424 g/mol. The second kappa shape index (κ2) is 7.94. The molecule has 160 valence electrons. The summed E-state index contributed by atoms with van der Waals surface area (Å²) in [7, 11) is 0. The van der Waals surface area contributed by atoms with Crippen molar-refractivity contribution in [2.24, 2.45) is 0 Å². The van der Waals surface area contributed by atoms with Crippen LogP contribution in [-0.4, -0.2) is 18.7 Å². The van der Waals surface area contributed by atoms with E-state index in [1.165, 1.54) is 21.5 Å². The molecule has 0 bridgehead atoms. The number of hydrogen-bond donors (Lipinski definition) is 0. The number of aromatic nitrogens is 4. The molecule has 0 unspecified atom stereocenters. The molecular weight excluding hydrogens is 402 g/mol. The van der Waals surface area contributed by atoms with E-state index in [9.17, 15) is 18.4 Å². The topological polar surface area (TPSA) is 61.8 Å². The Hall–Kier alpha value is -3.55. The van der Waals surface area contributed by atoms with Gasteiger partial charge in [-0.05, 0) is 36.6 Å². The zero-order valence-corrected chi connectivity index (χ0v) is 17.5. The molecule has 0 amide bonds. The van der Waals surface area contributed by atoms with Gasteiger partial charge in [-0.25, -0.2) is 23.1 Å². The molecule has 2 aromatic heterocycles. The molecule has 0 aliphatic carbocycles. The number of imidazole rings is 1. The molecule has 0 radical (unpaired) electrons. The van der Waals surface area contributed by atoms with E-state index in [0.717, 1.165) is 22.3 Å². The Balaban J connectivity index is 1.94. The van der Waals surface area contributed by atoms with E-state index in [1.54, 1.807) is 6.92 Å². The van der Waals surface area contributed by atoms with Crippen LogP contribution in [0.4, 0.5) is 8.78 Å². The third kappa shape index (κ3) is 3.58. The highest BCUT2D eigenvalue weighted by Crippen LogP contribution is 2.19. The summed E-state index contributed by atoms with van der Waals surface area (Å²) in [6, 6.07) is 10.8. The Morgan fingerprint density at radius 2 is 1.74 bits per heavy atom. The molecule has 8 heteroatoms. The van der Waals surface area contributed by atoms with Crippen LogP contribution in [0.1, 0.15) is 37.8 Å². The van der Waals surface area contributed by atoms with Crippen LogP contribution in [-0.2, 0) is 13.1 Å². The number of fused-ring (bicyclic) bond motifs is 1. The molecule has 0 saturated carbocycles. The molecule has 0 aliphatic heterocycles. The lowest BCUT2D eigenvalue weighted by Crippen LogP contribution is -2.39. The lowest BCUT2D eigenvalue weighted by molar-refractivity contribution is 0.567. The Bertz CT molecular complexity index is 1380. The van der Waals surface area contributed by atoms with Gasteiger partial charge in [0.1, 0.15) is 11.6 Å². The van der Waals surface area contributed by atoms with Crippen molar-refractivity contribution in [1.29, 1.82) is 0 Å². The Labute approximate surface area is 177 Å². The van der Waals surface area contributed by atoms with Crippen LogP contribution in [0.25, 0.3) is 16.9 Å². The van der Waals surface area contributed by atoms with Gasteiger partial charge in [-0.2, -0.15) is 0 Å². The standard InChI is InChI=1S/C23H22F2N4O2/c1-4-28-22(30)20-21(26-13-27(20)12-16-5-8-17(24)11-19(16)25)29(23(28)31)18-9-6-15(7-10-18)14(2)3/h5-11,13-14H,4,12H2,1-3H3. The fourth-order valence-corrected chi connectivity index (χ4v) is 3.65. The molecule has 2 heterocycles. The Morgan fingerprint density at radius 3 is 2.35 bits per heavy atom. The minimum atomic E-state index is -0.713. The number of rotatable bonds is 5. The number of hydrogen-bond acceptors (Lipinski definition) is 3. The normalized spacial score (nSPS) is 11.5. The molecule has 0 atom stereocenters. The molecule has 0 spiro atoms. The van der Waals surface area contributed by atoms with Gasteiger partial charge in [0.15, 0.2) is 11.2 Å². The SMILES string of the molecule is CCn1c(=O)c2c(ncn2Cc2ccc(F)cc2F)n(-c2ccc(C(C)C)cc2)c1=O. The van der Waals surface area contributed by atoms with Crippen molar-refractivity contribution in [2.75, 3.05) is 0 Å². The van der Waals surface area contributed by atoms with Crippen LogP contribution >= 0.6 is 0 Å². The maximum atomic E-state index is 14.2. The van der Waals surface area contributed by atoms with Crippen molar-refractivity contribution >= 4 is 11.2 Å². The van der Waals surface area contributed by atoms with E-state index < -0.39 is 22.9 Å². The molecule has 6 nitrogen and oxygen atoms in total. The summed E-state index contributed by atoms with van der Waals surface area (Å²) in [5.74, 6) is -1.06. The van der Waals surface area contributed by atoms with E-state index in [2.05, 4.69) is 18.8 Å². The average Bonchev–Trinajstić information content (AvgIpc) is 3.14. The second-order valence-corrected chi connectivity index (χ2v) is 7.69. The third-order valence-corrected chi connectivity index (χ3v) is 5.39. The van der Waals surface area contributed by atoms with Crippen molar-refractivity contribution < 1.29 is 8.78 Å². The molecule has 31 heavy (non-hydrogen) atoms. The summed E-state index contributed by atoms with van der Waals surface area (Å²) < 4.78 is 31.4. The van der Waals surface area contributed by atoms with Gasteiger partial charge in [0.25, 0.3) is 5.56 Å². The fourth-order valence-electron chi connectivity index (χ4n) is 3.65. The molecule has 0 fully saturated rings. The molecular formula is C23H22F2N4O2. The first-order valence-corrected chi connectivity index (χ1v) is 10.1. The highest BCUT2D eigenvalue weighted by molar-refractivity contribution is 5.72. The number of nitrogens with zero attached hydrogens (tertiary/aromatic N) is 4. The zero-order chi connectivity index (χ0) is 22.3. The summed E-state index contributed by atoms with van der Waals surface area (Å²) in [6.45, 7) is 6.01. The van der Waals surface area contributed by atoms with Crippen molar-refractivity contribution in [3.8, 4) is 5.69 Å². The van der Waals surface area contributed by atoms with Crippen LogP contribution in [0.5, 0.6) is 0 Å². The quantitative estimate of drug-likeness (QED) is 0.489. The summed E-state index contributed by atoms with van der Waals surface area (Å²) in [5, 5.41) is 0. The summed E-state index contributed by atoms with van der Waals surface area (Å²) in [5.41, 5.74) is 1.29. The summed E-state index contributed by atoms with van der Waals surface area (Å²) in [4.78, 5) is 30.5. The van der Waals surface area contributed by atoms with E-state index in [0.29, 0.717) is 11.6 Å². The first-order valence-electron chi connectivity index (χ1n) is 10.1. The first-order chi connectivity index (χ1) is 14.8. The monoisotopic (exact) mass is 424 g/mol. The lowest BCUT2D eigenvalue weighted by atomic mass is 10.0. The van der Waals surface area contributed by atoms with Crippen molar-refractivity contribution in [3.05, 3.63) is 92.4 Å². The minimum Gasteiger partial charge on any atom is -0.320 e. The first kappa shape index (κ1) is 20.7. The largest absolute Gasteiger partial charge is 0.337 e. The molecule has 4 aromatic rings. The van der Waals surface area contributed by atoms with Gasteiger partial charge in [-0.1, -0.05) is 32.0 Å². The van der Waals surface area contributed by atoms with Crippen LogP contribution in [0, 0.1) is 11.6 Å². The fraction of sp³-hybridized carbons (Fsp3) is 0.261. The van der Waals surface area contributed by atoms with Gasteiger partial charge in [0.05, 0.1) is 18.6 Å². The van der Waals surface area contributed by atoms with Crippen molar-refractivity contribution in [3.63, 3.8) is 0 Å². The van der Waals surface area contributed by atoms with Gasteiger partial charge in [-0.15, -0.1) is 0 Å². The lowest BCUT2D eigenvalue weighted by Gasteiger charge is -2.13. The molecule has 0 N–H and O–H groups in total. The molecule has 0 aliphatic rings. The van der Waals surface area contributed by atoms with Crippen LogP contribution in [0.3, 0.4) is 0 Å². The van der Waals surface area contributed by atoms with E-state index in [-0.39, 0.29) is 29.8 Å². The Morgan fingerprint density at radius 1 is 1.03 bits per heavy atom. The molecule has 2 aromatic carbocycles. The van der Waals surface area contributed by atoms with Gasteiger partial charge in [0.2, 0.25) is 0 Å². The maximum absolute atomic E-state index is 14.2. The Kier molecular flexibility index (Phi) is 5.31. The molecule has 0 saturated heterocycles. The molecule has 4 rings (SSSR count). The number of halogens is 2. The highest BCUT2D eigenvalue weighted by Gasteiger charge is 2.19. The second-order valence-electron chi connectivity index (χ2n) is 7.69. The summed E-state index contributed by atoms with van der Waals surface area (Å²) in [6.07, 6.45) is 1.40. The van der Waals surface area contributed by atoms with E-state index >= 15 is 0 Å². The van der Waals surface area contributed by atoms with Crippen LogP contribution in [0.15, 0.2) is 58.4 Å². The van der Waals surface area contributed by atoms with Crippen LogP contribution in [0.2, 0.25) is 0 Å². The van der Waals surface area contributed by atoms with E-state index in [1.807, 2.05) is 24.3 Å². The third-order valence-electron chi connectivity index (χ3n) is 5.39. The van der Waals surface area contributed by atoms with Crippen LogP contribution < -0.4 is 11.2 Å². The van der Waals surface area contributed by atoms with Crippen molar-refractivity contribution in [1.82, 2.24) is 18.7 Å². The van der Waals surface area contributed by atoms with E-state index in [4.69, 9.17) is 0 Å². The predicted octanol–water partition coefficient (Wildman–Crippen LogP) is 3.82. The smallest absolute Gasteiger partial charge is 0.320 e. The van der Waals surface area contributed by atoms with Crippen molar-refractivity contribution in [2.45, 2.75) is 39.8 Å². The van der Waals surface area contributed by atoms with Gasteiger partial charge < -0.3 is 4.57 Å². The zero-order valence-electron chi connectivity index (χ0n) is 17.5. The highest BCUT2D eigenvalue weighted by atomic mass is 19.1. The predicted molar refractivity (Wildman–Crippen MR) is 115 cm³/mol. The van der Waals surface area contributed by atoms with Gasteiger partial charge in [0, 0.05) is 18.2 Å². The minimum absolute atomic E-state index is 0.0218. The van der Waals surface area contributed by atoms with Gasteiger partial charge >= 0.3 is 5.69 Å². The summed E-state index contributed by atoms with van der Waals surface area (Å²) >= 11 is 0. The maximum Gasteiger partial charge on any atom is 0.337 e. The van der Waals surface area contributed by atoms with Gasteiger partial charge in [-0.3, -0.25) is 9.36 Å².